The molecule has 1 N–H and O–H groups in total. The lowest BCUT2D eigenvalue weighted by Gasteiger charge is -2.45. The second kappa shape index (κ2) is 8.49. The molecule has 4 aliphatic rings. The van der Waals surface area contributed by atoms with Crippen LogP contribution in [0.15, 0.2) is 11.3 Å². The SMILES string of the molecule is CCOC(=O)[C@@]12CCC3=C1N(CCC3)C(=O)[C@H](CC(=O)NCC1CCCCC1)C2. The van der Waals surface area contributed by atoms with Crippen LogP contribution < -0.4 is 5.32 Å². The average Bonchev–Trinajstić information content (AvgIpc) is 3.12. The summed E-state index contributed by atoms with van der Waals surface area (Å²) in [5, 5.41) is 3.06. The highest BCUT2D eigenvalue weighted by Gasteiger charge is 2.57. The molecule has 0 aromatic carbocycles. The number of esters is 1. The highest BCUT2D eigenvalue weighted by Crippen LogP contribution is 2.55. The first-order chi connectivity index (χ1) is 14.0. The largest absolute Gasteiger partial charge is 0.465 e. The normalized spacial score (nSPS) is 29.6. The fraction of sp³-hybridized carbons (Fsp3) is 0.783. The predicted octanol–water partition coefficient (Wildman–Crippen LogP) is 3.31. The zero-order valence-corrected chi connectivity index (χ0v) is 17.6. The minimum Gasteiger partial charge on any atom is -0.465 e. The quantitative estimate of drug-likeness (QED) is 0.692. The number of allylic oxidation sites excluding steroid dienone is 1. The number of carbonyl (C=O) groups excluding carboxylic acids is 3. The van der Waals surface area contributed by atoms with Crippen LogP contribution in [0.1, 0.15) is 77.6 Å². The maximum Gasteiger partial charge on any atom is 0.318 e. The molecule has 0 unspecified atom stereocenters. The summed E-state index contributed by atoms with van der Waals surface area (Å²) in [4.78, 5) is 40.7. The maximum absolute atomic E-state index is 13.2. The molecule has 160 valence electrons. The number of rotatable bonds is 6. The van der Waals surface area contributed by atoms with Gasteiger partial charge >= 0.3 is 5.97 Å². The van der Waals surface area contributed by atoms with Gasteiger partial charge in [-0.2, -0.15) is 0 Å². The highest BCUT2D eigenvalue weighted by molar-refractivity contribution is 5.93. The number of amides is 2. The van der Waals surface area contributed by atoms with Gasteiger partial charge in [0.25, 0.3) is 0 Å². The second-order valence-electron chi connectivity index (χ2n) is 9.26. The van der Waals surface area contributed by atoms with E-state index in [1.54, 1.807) is 0 Å². The number of hydrogen-bond donors (Lipinski definition) is 1. The molecular weight excluding hydrogens is 368 g/mol. The molecule has 4 rings (SSSR count). The summed E-state index contributed by atoms with van der Waals surface area (Å²) >= 11 is 0. The van der Waals surface area contributed by atoms with E-state index in [4.69, 9.17) is 4.74 Å². The molecule has 1 saturated heterocycles. The fourth-order valence-electron chi connectivity index (χ4n) is 6.00. The summed E-state index contributed by atoms with van der Waals surface area (Å²) in [7, 11) is 0. The molecule has 29 heavy (non-hydrogen) atoms. The van der Waals surface area contributed by atoms with Crippen molar-refractivity contribution in [3.63, 3.8) is 0 Å². The molecule has 0 bridgehead atoms. The molecule has 0 aromatic heterocycles. The lowest BCUT2D eigenvalue weighted by atomic mass is 9.71. The summed E-state index contributed by atoms with van der Waals surface area (Å²) in [5.41, 5.74) is 1.44. The Morgan fingerprint density at radius 3 is 2.72 bits per heavy atom. The Kier molecular flexibility index (Phi) is 5.98. The van der Waals surface area contributed by atoms with Gasteiger partial charge < -0.3 is 15.0 Å². The second-order valence-corrected chi connectivity index (χ2v) is 9.26. The van der Waals surface area contributed by atoms with Crippen LogP contribution in [0.3, 0.4) is 0 Å². The van der Waals surface area contributed by atoms with Crippen LogP contribution in [0, 0.1) is 17.3 Å². The van der Waals surface area contributed by atoms with Gasteiger partial charge in [-0.3, -0.25) is 14.4 Å². The molecule has 2 aliphatic carbocycles. The topological polar surface area (TPSA) is 75.7 Å². The summed E-state index contributed by atoms with van der Waals surface area (Å²) in [6.07, 6.45) is 10.2. The average molecular weight is 403 g/mol. The first-order valence-electron chi connectivity index (χ1n) is 11.5. The first-order valence-corrected chi connectivity index (χ1v) is 11.5. The van der Waals surface area contributed by atoms with E-state index in [-0.39, 0.29) is 24.2 Å². The van der Waals surface area contributed by atoms with E-state index in [0.717, 1.165) is 25.0 Å². The lowest BCUT2D eigenvalue weighted by Crippen LogP contribution is -2.53. The monoisotopic (exact) mass is 402 g/mol. The Bertz CT molecular complexity index is 710. The van der Waals surface area contributed by atoms with Gasteiger partial charge in [0.15, 0.2) is 0 Å². The van der Waals surface area contributed by atoms with Crippen LogP contribution in [0.2, 0.25) is 0 Å². The molecule has 2 heterocycles. The van der Waals surface area contributed by atoms with Gasteiger partial charge in [0.05, 0.1) is 6.61 Å². The number of ether oxygens (including phenoxy) is 1. The number of nitrogens with zero attached hydrogens (tertiary/aromatic N) is 1. The van der Waals surface area contributed by atoms with Crippen molar-refractivity contribution in [3.05, 3.63) is 11.3 Å². The first kappa shape index (κ1) is 20.4. The van der Waals surface area contributed by atoms with Crippen LogP contribution in [-0.4, -0.2) is 42.4 Å². The molecule has 6 heteroatoms. The Morgan fingerprint density at radius 1 is 1.17 bits per heavy atom. The Morgan fingerprint density at radius 2 is 1.97 bits per heavy atom. The third-order valence-corrected chi connectivity index (χ3v) is 7.39. The van der Waals surface area contributed by atoms with Gasteiger partial charge in [-0.05, 0) is 63.4 Å². The van der Waals surface area contributed by atoms with Gasteiger partial charge in [0.1, 0.15) is 5.41 Å². The number of nitrogens with one attached hydrogen (secondary N) is 1. The Labute approximate surface area is 173 Å². The lowest BCUT2D eigenvalue weighted by molar-refractivity contribution is -0.161. The van der Waals surface area contributed by atoms with Crippen molar-refractivity contribution in [1.29, 1.82) is 0 Å². The van der Waals surface area contributed by atoms with E-state index >= 15 is 0 Å². The molecule has 2 aliphatic heterocycles. The highest BCUT2D eigenvalue weighted by atomic mass is 16.5. The third kappa shape index (κ3) is 3.82. The molecule has 2 fully saturated rings. The molecule has 2 atom stereocenters. The van der Waals surface area contributed by atoms with Crippen LogP contribution in [0.4, 0.5) is 0 Å². The summed E-state index contributed by atoms with van der Waals surface area (Å²) in [6, 6.07) is 0. The van der Waals surface area contributed by atoms with Gasteiger partial charge in [-0.1, -0.05) is 19.3 Å². The number of carbonyl (C=O) groups is 3. The van der Waals surface area contributed by atoms with E-state index < -0.39 is 11.3 Å². The van der Waals surface area contributed by atoms with E-state index in [2.05, 4.69) is 5.32 Å². The molecule has 0 radical (unpaired) electrons. The third-order valence-electron chi connectivity index (χ3n) is 7.39. The standard InChI is InChI=1S/C23H34N2O4/c1-2-29-22(28)23-11-10-17-9-6-12-25(20(17)23)21(27)18(14-23)13-19(26)24-15-16-7-4-3-5-8-16/h16,18H,2-15H2,1H3,(H,24,26)/t18-,23-/m1/s1. The van der Waals surface area contributed by atoms with Crippen LogP contribution in [0.25, 0.3) is 0 Å². The van der Waals surface area contributed by atoms with Crippen molar-refractivity contribution < 1.29 is 19.1 Å². The minimum absolute atomic E-state index is 0.0202. The van der Waals surface area contributed by atoms with Crippen molar-refractivity contribution in [2.24, 2.45) is 17.3 Å². The van der Waals surface area contributed by atoms with E-state index in [9.17, 15) is 14.4 Å². The van der Waals surface area contributed by atoms with E-state index in [0.29, 0.717) is 38.5 Å². The van der Waals surface area contributed by atoms with Crippen LogP contribution in [0.5, 0.6) is 0 Å². The Hall–Kier alpha value is -1.85. The molecule has 0 aromatic rings. The number of hydrogen-bond acceptors (Lipinski definition) is 4. The van der Waals surface area contributed by atoms with E-state index in [1.807, 2.05) is 11.8 Å². The van der Waals surface area contributed by atoms with E-state index in [1.165, 1.54) is 37.7 Å². The van der Waals surface area contributed by atoms with Gasteiger partial charge in [0, 0.05) is 31.1 Å². The predicted molar refractivity (Wildman–Crippen MR) is 109 cm³/mol. The van der Waals surface area contributed by atoms with Crippen molar-refractivity contribution in [2.45, 2.75) is 77.6 Å². The zero-order chi connectivity index (χ0) is 20.4. The van der Waals surface area contributed by atoms with Gasteiger partial charge in [-0.15, -0.1) is 0 Å². The molecule has 6 nitrogen and oxygen atoms in total. The summed E-state index contributed by atoms with van der Waals surface area (Å²) in [5.74, 6) is -0.124. The Balaban J connectivity index is 1.47. The minimum atomic E-state index is -0.728. The zero-order valence-electron chi connectivity index (χ0n) is 17.6. The molecule has 1 saturated carbocycles. The maximum atomic E-state index is 13.2. The number of piperidine rings is 1. The molecule has 0 spiro atoms. The smallest absolute Gasteiger partial charge is 0.318 e. The van der Waals surface area contributed by atoms with Gasteiger partial charge in [-0.25, -0.2) is 0 Å². The molecular formula is C23H34N2O4. The summed E-state index contributed by atoms with van der Waals surface area (Å²) < 4.78 is 5.46. The van der Waals surface area contributed by atoms with Crippen LogP contribution >= 0.6 is 0 Å². The van der Waals surface area contributed by atoms with Crippen molar-refractivity contribution in [2.75, 3.05) is 19.7 Å². The van der Waals surface area contributed by atoms with Crippen molar-refractivity contribution >= 4 is 17.8 Å². The molecule has 2 amide bonds. The van der Waals surface area contributed by atoms with Gasteiger partial charge in [0.2, 0.25) is 11.8 Å². The summed E-state index contributed by atoms with van der Waals surface area (Å²) in [6.45, 7) is 3.52. The van der Waals surface area contributed by atoms with Crippen LogP contribution in [-0.2, 0) is 19.1 Å². The fourth-order valence-corrected chi connectivity index (χ4v) is 6.00. The van der Waals surface area contributed by atoms with Crippen molar-refractivity contribution in [3.8, 4) is 0 Å². The van der Waals surface area contributed by atoms with Crippen molar-refractivity contribution in [1.82, 2.24) is 10.2 Å².